The summed E-state index contributed by atoms with van der Waals surface area (Å²) < 4.78 is 5.41. The zero-order valence-electron chi connectivity index (χ0n) is 12.8. The molecule has 22 heavy (non-hydrogen) atoms. The Bertz CT molecular complexity index is 613. The third-order valence-electron chi connectivity index (χ3n) is 3.65. The van der Waals surface area contributed by atoms with Gasteiger partial charge in [0.1, 0.15) is 18.0 Å². The summed E-state index contributed by atoms with van der Waals surface area (Å²) in [5.74, 6) is 2.49. The highest BCUT2D eigenvalue weighted by atomic mass is 16.5. The molecule has 1 saturated heterocycles. The number of hydrogen-bond donors (Lipinski definition) is 1. The molecule has 0 spiro atoms. The third kappa shape index (κ3) is 3.63. The SMILES string of the molecule is CCOc1cc(CNc2cc(N3CCCC3)ncn2)ccn1. The molecule has 3 rings (SSSR count). The average molecular weight is 299 g/mol. The maximum atomic E-state index is 5.41. The molecule has 0 amide bonds. The Labute approximate surface area is 130 Å². The molecule has 6 nitrogen and oxygen atoms in total. The van der Waals surface area contributed by atoms with Crippen LogP contribution in [0.25, 0.3) is 0 Å². The highest BCUT2D eigenvalue weighted by molar-refractivity contribution is 5.49. The molecule has 1 aliphatic rings. The second-order valence-corrected chi connectivity index (χ2v) is 5.24. The maximum absolute atomic E-state index is 5.41. The van der Waals surface area contributed by atoms with Crippen molar-refractivity contribution in [3.8, 4) is 5.88 Å². The Morgan fingerprint density at radius 3 is 2.86 bits per heavy atom. The summed E-state index contributed by atoms with van der Waals surface area (Å²) in [5.41, 5.74) is 1.11. The number of hydrogen-bond acceptors (Lipinski definition) is 6. The predicted molar refractivity (Wildman–Crippen MR) is 86.2 cm³/mol. The molecule has 2 aromatic heterocycles. The Balaban J connectivity index is 1.63. The maximum Gasteiger partial charge on any atom is 0.213 e. The van der Waals surface area contributed by atoms with E-state index in [1.165, 1.54) is 12.8 Å². The van der Waals surface area contributed by atoms with Gasteiger partial charge in [-0.15, -0.1) is 0 Å². The summed E-state index contributed by atoms with van der Waals surface area (Å²) in [5, 5.41) is 3.33. The molecule has 0 aromatic carbocycles. The van der Waals surface area contributed by atoms with Crippen LogP contribution in [0.1, 0.15) is 25.3 Å². The summed E-state index contributed by atoms with van der Waals surface area (Å²) >= 11 is 0. The molecular formula is C16H21N5O. The molecule has 1 N–H and O–H groups in total. The summed E-state index contributed by atoms with van der Waals surface area (Å²) in [6.07, 6.45) is 5.86. The standard InChI is InChI=1S/C16H21N5O/c1-2-22-16-9-13(5-6-17-16)11-18-14-10-15(20-12-19-14)21-7-3-4-8-21/h5-6,9-10,12H,2-4,7-8,11H2,1H3,(H,18,19,20). The lowest BCUT2D eigenvalue weighted by molar-refractivity contribution is 0.326. The largest absolute Gasteiger partial charge is 0.478 e. The molecule has 0 bridgehead atoms. The van der Waals surface area contributed by atoms with E-state index in [1.54, 1.807) is 12.5 Å². The van der Waals surface area contributed by atoms with Crippen molar-refractivity contribution in [2.45, 2.75) is 26.3 Å². The molecule has 0 radical (unpaired) electrons. The first-order valence-electron chi connectivity index (χ1n) is 7.74. The molecule has 0 aliphatic carbocycles. The van der Waals surface area contributed by atoms with Crippen LogP contribution in [0.4, 0.5) is 11.6 Å². The number of nitrogens with one attached hydrogen (secondary N) is 1. The Hall–Kier alpha value is -2.37. The zero-order chi connectivity index (χ0) is 15.2. The first-order valence-corrected chi connectivity index (χ1v) is 7.74. The van der Waals surface area contributed by atoms with Crippen molar-refractivity contribution in [3.63, 3.8) is 0 Å². The van der Waals surface area contributed by atoms with Crippen LogP contribution in [0.5, 0.6) is 5.88 Å². The predicted octanol–water partition coefficient (Wildman–Crippen LogP) is 2.48. The molecular weight excluding hydrogens is 278 g/mol. The van der Waals surface area contributed by atoms with E-state index in [1.807, 2.05) is 25.1 Å². The van der Waals surface area contributed by atoms with E-state index in [4.69, 9.17) is 4.74 Å². The van der Waals surface area contributed by atoms with Crippen molar-refractivity contribution < 1.29 is 4.74 Å². The van der Waals surface area contributed by atoms with Crippen molar-refractivity contribution in [2.75, 3.05) is 29.9 Å². The Morgan fingerprint density at radius 1 is 1.18 bits per heavy atom. The Morgan fingerprint density at radius 2 is 2.05 bits per heavy atom. The molecule has 6 heteroatoms. The van der Waals surface area contributed by atoms with E-state index in [9.17, 15) is 0 Å². The minimum absolute atomic E-state index is 0.620. The van der Waals surface area contributed by atoms with Crippen LogP contribution in [0.2, 0.25) is 0 Å². The molecule has 0 unspecified atom stereocenters. The molecule has 2 aromatic rings. The molecule has 1 fully saturated rings. The van der Waals surface area contributed by atoms with E-state index >= 15 is 0 Å². The van der Waals surface area contributed by atoms with Crippen LogP contribution in [-0.4, -0.2) is 34.6 Å². The number of nitrogens with zero attached hydrogens (tertiary/aromatic N) is 4. The Kier molecular flexibility index (Phi) is 4.68. The summed E-state index contributed by atoms with van der Waals surface area (Å²) in [4.78, 5) is 15.1. The molecule has 1 aliphatic heterocycles. The van der Waals surface area contributed by atoms with Gasteiger partial charge >= 0.3 is 0 Å². The topological polar surface area (TPSA) is 63.2 Å². The molecule has 0 atom stereocenters. The van der Waals surface area contributed by atoms with Crippen LogP contribution >= 0.6 is 0 Å². The fraction of sp³-hybridized carbons (Fsp3) is 0.438. The number of ether oxygens (including phenoxy) is 1. The van der Waals surface area contributed by atoms with Gasteiger partial charge in [-0.05, 0) is 31.4 Å². The van der Waals surface area contributed by atoms with Crippen LogP contribution in [0.15, 0.2) is 30.7 Å². The van der Waals surface area contributed by atoms with Gasteiger partial charge in [0, 0.05) is 38.0 Å². The number of aromatic nitrogens is 3. The number of rotatable bonds is 6. The molecule has 116 valence electrons. The third-order valence-corrected chi connectivity index (χ3v) is 3.65. The van der Waals surface area contributed by atoms with Crippen LogP contribution in [0.3, 0.4) is 0 Å². The summed E-state index contributed by atoms with van der Waals surface area (Å²) in [7, 11) is 0. The van der Waals surface area contributed by atoms with Crippen molar-refractivity contribution in [1.29, 1.82) is 0 Å². The molecule has 0 saturated carbocycles. The molecule has 3 heterocycles. The number of pyridine rings is 1. The second kappa shape index (κ2) is 7.06. The van der Waals surface area contributed by atoms with Crippen LogP contribution in [-0.2, 0) is 6.54 Å². The van der Waals surface area contributed by atoms with E-state index in [2.05, 4.69) is 25.2 Å². The summed E-state index contributed by atoms with van der Waals surface area (Å²) in [6, 6.07) is 5.92. The monoisotopic (exact) mass is 299 g/mol. The second-order valence-electron chi connectivity index (χ2n) is 5.24. The highest BCUT2D eigenvalue weighted by Gasteiger charge is 2.13. The number of anilines is 2. The normalized spacial score (nSPS) is 14.1. The van der Waals surface area contributed by atoms with Crippen molar-refractivity contribution in [2.24, 2.45) is 0 Å². The van der Waals surface area contributed by atoms with Gasteiger partial charge in [-0.1, -0.05) is 0 Å². The van der Waals surface area contributed by atoms with Gasteiger partial charge in [0.05, 0.1) is 6.61 Å². The van der Waals surface area contributed by atoms with Crippen molar-refractivity contribution in [3.05, 3.63) is 36.3 Å². The zero-order valence-corrected chi connectivity index (χ0v) is 12.8. The van der Waals surface area contributed by atoms with Gasteiger partial charge in [0.2, 0.25) is 5.88 Å². The highest BCUT2D eigenvalue weighted by Crippen LogP contribution is 2.19. The van der Waals surface area contributed by atoms with E-state index in [-0.39, 0.29) is 0 Å². The van der Waals surface area contributed by atoms with Gasteiger partial charge in [-0.2, -0.15) is 0 Å². The average Bonchev–Trinajstić information content (AvgIpc) is 3.09. The van der Waals surface area contributed by atoms with Gasteiger partial charge in [0.25, 0.3) is 0 Å². The fourth-order valence-electron chi connectivity index (χ4n) is 2.54. The minimum atomic E-state index is 0.620. The fourth-order valence-corrected chi connectivity index (χ4v) is 2.54. The van der Waals surface area contributed by atoms with Gasteiger partial charge in [0.15, 0.2) is 0 Å². The van der Waals surface area contributed by atoms with Crippen molar-refractivity contribution in [1.82, 2.24) is 15.0 Å². The van der Waals surface area contributed by atoms with Gasteiger partial charge in [-0.25, -0.2) is 15.0 Å². The van der Waals surface area contributed by atoms with E-state index in [0.717, 1.165) is 30.3 Å². The van der Waals surface area contributed by atoms with Gasteiger partial charge < -0.3 is 15.0 Å². The van der Waals surface area contributed by atoms with Crippen LogP contribution in [0, 0.1) is 0 Å². The van der Waals surface area contributed by atoms with E-state index in [0.29, 0.717) is 19.0 Å². The lowest BCUT2D eigenvalue weighted by Gasteiger charge is -2.16. The summed E-state index contributed by atoms with van der Waals surface area (Å²) in [6.45, 7) is 5.42. The lowest BCUT2D eigenvalue weighted by atomic mass is 10.2. The van der Waals surface area contributed by atoms with Gasteiger partial charge in [-0.3, -0.25) is 0 Å². The first kappa shape index (κ1) is 14.6. The smallest absolute Gasteiger partial charge is 0.213 e. The lowest BCUT2D eigenvalue weighted by Crippen LogP contribution is -2.19. The van der Waals surface area contributed by atoms with Crippen LogP contribution < -0.4 is 15.0 Å². The van der Waals surface area contributed by atoms with E-state index < -0.39 is 0 Å². The minimum Gasteiger partial charge on any atom is -0.478 e. The quantitative estimate of drug-likeness (QED) is 0.884. The van der Waals surface area contributed by atoms with Crippen molar-refractivity contribution >= 4 is 11.6 Å². The first-order chi connectivity index (χ1) is 10.8.